The molecule has 2 aromatic carbocycles. The van der Waals surface area contributed by atoms with Gasteiger partial charge >= 0.3 is 5.97 Å². The number of halogens is 1. The minimum absolute atomic E-state index is 0.100. The molecular formula is C21H17ClN2O4. The van der Waals surface area contributed by atoms with Gasteiger partial charge in [-0.2, -0.15) is 0 Å². The Morgan fingerprint density at radius 3 is 2.86 bits per heavy atom. The summed E-state index contributed by atoms with van der Waals surface area (Å²) in [4.78, 5) is 23.7. The van der Waals surface area contributed by atoms with Crippen molar-refractivity contribution in [2.45, 2.75) is 19.1 Å². The number of carbonyl (C=O) groups is 2. The van der Waals surface area contributed by atoms with Gasteiger partial charge in [0.2, 0.25) is 5.91 Å². The second kappa shape index (κ2) is 7.50. The van der Waals surface area contributed by atoms with Crippen LogP contribution in [0.1, 0.15) is 34.1 Å². The molecule has 7 heteroatoms. The van der Waals surface area contributed by atoms with E-state index >= 15 is 0 Å². The van der Waals surface area contributed by atoms with Crippen LogP contribution in [0, 0.1) is 0 Å². The number of nitrogens with one attached hydrogen (secondary N) is 1. The summed E-state index contributed by atoms with van der Waals surface area (Å²) < 4.78 is 8.01. The predicted molar refractivity (Wildman–Crippen MR) is 105 cm³/mol. The van der Waals surface area contributed by atoms with Gasteiger partial charge in [0.15, 0.2) is 0 Å². The molecule has 1 aromatic heterocycles. The van der Waals surface area contributed by atoms with E-state index in [1.54, 1.807) is 12.1 Å². The second-order valence-electron chi connectivity index (χ2n) is 6.51. The van der Waals surface area contributed by atoms with Gasteiger partial charge < -0.3 is 19.7 Å². The lowest BCUT2D eigenvalue weighted by atomic mass is 10.1. The zero-order valence-corrected chi connectivity index (χ0v) is 15.5. The molecule has 0 radical (unpaired) electrons. The zero-order chi connectivity index (χ0) is 19.7. The van der Waals surface area contributed by atoms with Gasteiger partial charge in [-0.3, -0.25) is 4.79 Å². The van der Waals surface area contributed by atoms with E-state index in [0.29, 0.717) is 17.3 Å². The molecule has 142 valence electrons. The van der Waals surface area contributed by atoms with Crippen molar-refractivity contribution >= 4 is 29.2 Å². The fourth-order valence-corrected chi connectivity index (χ4v) is 3.52. The van der Waals surface area contributed by atoms with Gasteiger partial charge in [0.25, 0.3) is 0 Å². The number of anilines is 1. The number of nitrogens with zero attached hydrogens (tertiary/aromatic N) is 1. The highest BCUT2D eigenvalue weighted by atomic mass is 35.5. The lowest BCUT2D eigenvalue weighted by molar-refractivity contribution is -0.119. The van der Waals surface area contributed by atoms with E-state index < -0.39 is 12.1 Å². The highest BCUT2D eigenvalue weighted by molar-refractivity contribution is 6.30. The first-order valence-corrected chi connectivity index (χ1v) is 9.10. The molecule has 2 N–H and O–H groups in total. The largest absolute Gasteiger partial charge is 0.478 e. The monoisotopic (exact) mass is 396 g/mol. The quantitative estimate of drug-likeness (QED) is 0.683. The Kier molecular flexibility index (Phi) is 4.90. The number of benzene rings is 2. The molecule has 6 nitrogen and oxygen atoms in total. The van der Waals surface area contributed by atoms with Crippen LogP contribution in [-0.2, 0) is 16.1 Å². The van der Waals surface area contributed by atoms with Crippen molar-refractivity contribution in [3.63, 3.8) is 0 Å². The average molecular weight is 397 g/mol. The van der Waals surface area contributed by atoms with Gasteiger partial charge in [0, 0.05) is 22.5 Å². The number of carboxylic acid groups (broad SMARTS) is 1. The number of hydrogen-bond donors (Lipinski definition) is 2. The molecule has 1 aliphatic rings. The molecule has 4 rings (SSSR count). The number of hydrogen-bond acceptors (Lipinski definition) is 3. The van der Waals surface area contributed by atoms with Crippen LogP contribution in [0.3, 0.4) is 0 Å². The normalized spacial score (nSPS) is 15.2. The summed E-state index contributed by atoms with van der Waals surface area (Å²) in [5.41, 5.74) is 3.34. The first-order valence-electron chi connectivity index (χ1n) is 8.72. The van der Waals surface area contributed by atoms with Crippen LogP contribution in [-0.4, -0.2) is 21.6 Å². The summed E-state index contributed by atoms with van der Waals surface area (Å²) in [6.07, 6.45) is 1.59. The van der Waals surface area contributed by atoms with Crippen molar-refractivity contribution in [2.24, 2.45) is 0 Å². The maximum Gasteiger partial charge on any atom is 0.335 e. The molecule has 0 saturated heterocycles. The SMILES string of the molecule is O=C(CC1OCc2cc(Cl)ccc2-n2cccc21)Nc1cccc(C(=O)O)c1. The molecule has 0 spiro atoms. The Bertz CT molecular complexity index is 1060. The number of carbonyl (C=O) groups excluding carboxylic acids is 1. The first-order chi connectivity index (χ1) is 13.5. The molecule has 28 heavy (non-hydrogen) atoms. The molecule has 1 amide bonds. The van der Waals surface area contributed by atoms with Crippen molar-refractivity contribution in [3.8, 4) is 5.69 Å². The number of ether oxygens (including phenoxy) is 1. The van der Waals surface area contributed by atoms with E-state index in [1.807, 2.05) is 41.1 Å². The minimum Gasteiger partial charge on any atom is -0.478 e. The van der Waals surface area contributed by atoms with Crippen LogP contribution in [0.4, 0.5) is 5.69 Å². The van der Waals surface area contributed by atoms with Gasteiger partial charge in [0.1, 0.15) is 6.10 Å². The van der Waals surface area contributed by atoms with E-state index in [2.05, 4.69) is 5.32 Å². The highest BCUT2D eigenvalue weighted by Crippen LogP contribution is 2.33. The molecule has 0 fully saturated rings. The van der Waals surface area contributed by atoms with Crippen molar-refractivity contribution in [1.29, 1.82) is 0 Å². The number of carboxylic acids is 1. The third-order valence-corrected chi connectivity index (χ3v) is 4.85. The van der Waals surface area contributed by atoms with Gasteiger partial charge in [0.05, 0.1) is 30.0 Å². The van der Waals surface area contributed by atoms with Gasteiger partial charge in [-0.05, 0) is 48.5 Å². The minimum atomic E-state index is -1.04. The summed E-state index contributed by atoms with van der Waals surface area (Å²) in [6, 6.07) is 15.6. The molecule has 0 aliphatic carbocycles. The molecule has 1 aliphatic heterocycles. The second-order valence-corrected chi connectivity index (χ2v) is 6.95. The lowest BCUT2D eigenvalue weighted by Crippen LogP contribution is -2.18. The smallest absolute Gasteiger partial charge is 0.335 e. The number of aromatic nitrogens is 1. The zero-order valence-electron chi connectivity index (χ0n) is 14.8. The van der Waals surface area contributed by atoms with Crippen LogP contribution in [0.5, 0.6) is 0 Å². The standard InChI is InChI=1S/C21H17ClN2O4/c22-15-6-7-17-14(9-15)12-28-19(18-5-2-8-24(17)18)11-20(25)23-16-4-1-3-13(10-16)21(26)27/h1-10,19H,11-12H2,(H,23,25)(H,26,27). The maximum atomic E-state index is 12.6. The van der Waals surface area contributed by atoms with Crippen LogP contribution in [0.15, 0.2) is 60.8 Å². The third-order valence-electron chi connectivity index (χ3n) is 4.62. The first kappa shape index (κ1) is 18.3. The van der Waals surface area contributed by atoms with E-state index in [1.165, 1.54) is 12.1 Å². The van der Waals surface area contributed by atoms with Crippen molar-refractivity contribution in [3.05, 3.63) is 82.6 Å². The van der Waals surface area contributed by atoms with Gasteiger partial charge in [-0.1, -0.05) is 17.7 Å². The fourth-order valence-electron chi connectivity index (χ4n) is 3.33. The summed E-state index contributed by atoms with van der Waals surface area (Å²) in [6.45, 7) is 0.337. The van der Waals surface area contributed by atoms with Crippen LogP contribution >= 0.6 is 11.6 Å². The summed E-state index contributed by atoms with van der Waals surface area (Å²) >= 11 is 6.11. The highest BCUT2D eigenvalue weighted by Gasteiger charge is 2.25. The number of aromatic carboxylic acids is 1. The summed E-state index contributed by atoms with van der Waals surface area (Å²) in [5, 5.41) is 12.5. The van der Waals surface area contributed by atoms with Gasteiger partial charge in [-0.25, -0.2) is 4.79 Å². The molecule has 0 saturated carbocycles. The molecule has 1 unspecified atom stereocenters. The Hall–Kier alpha value is -3.09. The van der Waals surface area contributed by atoms with Crippen LogP contribution < -0.4 is 5.32 Å². The van der Waals surface area contributed by atoms with Crippen LogP contribution in [0.25, 0.3) is 5.69 Å². The Labute approximate surface area is 166 Å². The predicted octanol–water partition coefficient (Wildman–Crippen LogP) is 4.43. The number of rotatable bonds is 4. The topological polar surface area (TPSA) is 80.6 Å². The Balaban J connectivity index is 1.54. The molecule has 3 aromatic rings. The Morgan fingerprint density at radius 1 is 1.18 bits per heavy atom. The van der Waals surface area contributed by atoms with E-state index in [0.717, 1.165) is 16.9 Å². The average Bonchev–Trinajstić information content (AvgIpc) is 3.10. The lowest BCUT2D eigenvalue weighted by Gasteiger charge is -2.16. The van der Waals surface area contributed by atoms with Crippen LogP contribution in [0.2, 0.25) is 5.02 Å². The third kappa shape index (κ3) is 3.65. The fraction of sp³-hybridized carbons (Fsp3) is 0.143. The van der Waals surface area contributed by atoms with Crippen molar-refractivity contribution < 1.29 is 19.4 Å². The molecule has 1 atom stereocenters. The number of fused-ring (bicyclic) bond motifs is 3. The van der Waals surface area contributed by atoms with E-state index in [4.69, 9.17) is 21.4 Å². The maximum absolute atomic E-state index is 12.6. The Morgan fingerprint density at radius 2 is 2.04 bits per heavy atom. The number of amides is 1. The summed E-state index contributed by atoms with van der Waals surface area (Å²) in [7, 11) is 0. The summed E-state index contributed by atoms with van der Waals surface area (Å²) in [5.74, 6) is -1.30. The van der Waals surface area contributed by atoms with E-state index in [9.17, 15) is 9.59 Å². The van der Waals surface area contributed by atoms with Gasteiger partial charge in [-0.15, -0.1) is 0 Å². The van der Waals surface area contributed by atoms with Crippen molar-refractivity contribution in [2.75, 3.05) is 5.32 Å². The molecular weight excluding hydrogens is 380 g/mol. The molecule has 0 bridgehead atoms. The van der Waals surface area contributed by atoms with Crippen molar-refractivity contribution in [1.82, 2.24) is 4.57 Å². The van der Waals surface area contributed by atoms with E-state index in [-0.39, 0.29) is 17.9 Å². The molecule has 2 heterocycles.